The van der Waals surface area contributed by atoms with Crippen LogP contribution in [0.4, 0.5) is 11.4 Å². The van der Waals surface area contributed by atoms with Crippen LogP contribution in [0.15, 0.2) is 65.1 Å². The second-order valence-electron chi connectivity index (χ2n) is 6.77. The lowest BCUT2D eigenvalue weighted by molar-refractivity contribution is -0.385. The lowest BCUT2D eigenvalue weighted by Crippen LogP contribution is -2.34. The van der Waals surface area contributed by atoms with Gasteiger partial charge in [-0.25, -0.2) is 4.98 Å². The number of para-hydroxylation sites is 2. The van der Waals surface area contributed by atoms with Crippen molar-refractivity contribution in [2.45, 2.75) is 0 Å². The second kappa shape index (κ2) is 8.93. The summed E-state index contributed by atoms with van der Waals surface area (Å²) < 4.78 is 10.6. The predicted octanol–water partition coefficient (Wildman–Crippen LogP) is 4.24. The second-order valence-corrected chi connectivity index (χ2v) is 7.18. The molecular formula is C22H16N4O6S. The standard InChI is InChI=1S/C22H16N4O6S/c1-31-19-9-6-12(10-16(19)26(29)30)20(28)25-22(33)23-13-7-8-17(27)14(11-13)21-24-15-4-2-3-5-18(15)32-21/h2-11,27H,1H3,(H2,23,25,28,33). The zero-order valence-electron chi connectivity index (χ0n) is 17.1. The maximum absolute atomic E-state index is 12.5. The molecule has 0 saturated carbocycles. The van der Waals surface area contributed by atoms with Crippen LogP contribution in [-0.4, -0.2) is 33.1 Å². The van der Waals surface area contributed by atoms with E-state index in [1.165, 1.54) is 25.3 Å². The molecule has 3 N–H and O–H groups in total. The van der Waals surface area contributed by atoms with Gasteiger partial charge in [-0.1, -0.05) is 12.1 Å². The number of oxazole rings is 1. The number of rotatable bonds is 5. The number of nitrogens with zero attached hydrogens (tertiary/aromatic N) is 2. The molecule has 1 aromatic heterocycles. The van der Waals surface area contributed by atoms with Gasteiger partial charge in [0, 0.05) is 17.3 Å². The van der Waals surface area contributed by atoms with Crippen LogP contribution in [0, 0.1) is 10.1 Å². The number of thiocarbonyl (C=S) groups is 1. The van der Waals surface area contributed by atoms with Crippen LogP contribution >= 0.6 is 12.2 Å². The van der Waals surface area contributed by atoms with Crippen molar-refractivity contribution in [3.63, 3.8) is 0 Å². The van der Waals surface area contributed by atoms with Gasteiger partial charge in [0.15, 0.2) is 16.4 Å². The summed E-state index contributed by atoms with van der Waals surface area (Å²) in [6.07, 6.45) is 0. The Labute approximate surface area is 192 Å². The molecule has 0 aliphatic carbocycles. The minimum atomic E-state index is -0.643. The first kappa shape index (κ1) is 21.7. The molecule has 0 atom stereocenters. The van der Waals surface area contributed by atoms with E-state index in [9.17, 15) is 20.0 Å². The summed E-state index contributed by atoms with van der Waals surface area (Å²) in [7, 11) is 1.30. The van der Waals surface area contributed by atoms with Crippen LogP contribution in [0.5, 0.6) is 11.5 Å². The molecule has 0 aliphatic heterocycles. The number of aromatic hydroxyl groups is 1. The molecule has 11 heteroatoms. The van der Waals surface area contributed by atoms with Crippen LogP contribution in [0.25, 0.3) is 22.6 Å². The van der Waals surface area contributed by atoms with Crippen molar-refractivity contribution in [2.75, 3.05) is 12.4 Å². The molecule has 4 aromatic rings. The first-order valence-corrected chi connectivity index (χ1v) is 9.90. The highest BCUT2D eigenvalue weighted by atomic mass is 32.1. The molecule has 0 aliphatic rings. The Bertz CT molecular complexity index is 1370. The molecule has 166 valence electrons. The van der Waals surface area contributed by atoms with E-state index >= 15 is 0 Å². The topological polar surface area (TPSA) is 140 Å². The van der Waals surface area contributed by atoms with Crippen LogP contribution < -0.4 is 15.4 Å². The number of phenolic OH excluding ortho intramolecular Hbond substituents is 1. The molecule has 0 radical (unpaired) electrons. The van der Waals surface area contributed by atoms with Gasteiger partial charge in [0.25, 0.3) is 5.91 Å². The maximum Gasteiger partial charge on any atom is 0.311 e. The maximum atomic E-state index is 12.5. The SMILES string of the molecule is COc1ccc(C(=O)NC(=S)Nc2ccc(O)c(-c3nc4ccccc4o3)c2)cc1[N+](=O)[O-]. The summed E-state index contributed by atoms with van der Waals surface area (Å²) in [5, 5.41) is 26.7. The average Bonchev–Trinajstić information content (AvgIpc) is 3.23. The van der Waals surface area contributed by atoms with Crippen LogP contribution in [0.1, 0.15) is 10.4 Å². The normalized spacial score (nSPS) is 10.6. The fraction of sp³-hybridized carbons (Fsp3) is 0.0455. The van der Waals surface area contributed by atoms with Crippen LogP contribution in [0.3, 0.4) is 0 Å². The Kier molecular flexibility index (Phi) is 5.87. The number of carbonyl (C=O) groups is 1. The van der Waals surface area contributed by atoms with E-state index in [0.29, 0.717) is 22.4 Å². The molecule has 33 heavy (non-hydrogen) atoms. The highest BCUT2D eigenvalue weighted by molar-refractivity contribution is 7.80. The molecule has 0 bridgehead atoms. The van der Waals surface area contributed by atoms with Crippen LogP contribution in [-0.2, 0) is 0 Å². The molecule has 4 rings (SSSR count). The number of hydrogen-bond acceptors (Lipinski definition) is 8. The zero-order valence-corrected chi connectivity index (χ0v) is 17.9. The number of nitrogens with one attached hydrogen (secondary N) is 2. The van der Waals surface area contributed by atoms with Gasteiger partial charge in [0.2, 0.25) is 5.89 Å². The van der Waals surface area contributed by atoms with E-state index in [2.05, 4.69) is 15.6 Å². The molecule has 3 aromatic carbocycles. The smallest absolute Gasteiger partial charge is 0.311 e. The van der Waals surface area contributed by atoms with Gasteiger partial charge in [-0.05, 0) is 54.7 Å². The minimum Gasteiger partial charge on any atom is -0.507 e. The van der Waals surface area contributed by atoms with Gasteiger partial charge in [-0.15, -0.1) is 0 Å². The Morgan fingerprint density at radius 3 is 2.70 bits per heavy atom. The number of fused-ring (bicyclic) bond motifs is 1. The molecule has 1 heterocycles. The number of benzene rings is 3. The lowest BCUT2D eigenvalue weighted by Gasteiger charge is -2.11. The largest absolute Gasteiger partial charge is 0.507 e. The van der Waals surface area contributed by atoms with Gasteiger partial charge in [0.1, 0.15) is 11.3 Å². The van der Waals surface area contributed by atoms with Gasteiger partial charge < -0.3 is 19.6 Å². The van der Waals surface area contributed by atoms with E-state index in [4.69, 9.17) is 21.4 Å². The van der Waals surface area contributed by atoms with E-state index in [-0.39, 0.29) is 33.8 Å². The Balaban J connectivity index is 1.51. The zero-order chi connectivity index (χ0) is 23.5. The monoisotopic (exact) mass is 464 g/mol. The molecule has 0 saturated heterocycles. The van der Waals surface area contributed by atoms with E-state index in [0.717, 1.165) is 6.07 Å². The number of carbonyl (C=O) groups excluding carboxylic acids is 1. The summed E-state index contributed by atoms with van der Waals surface area (Å²) in [5.74, 6) is -0.435. The summed E-state index contributed by atoms with van der Waals surface area (Å²) in [6, 6.07) is 15.6. The van der Waals surface area contributed by atoms with Gasteiger partial charge in [-0.3, -0.25) is 20.2 Å². The lowest BCUT2D eigenvalue weighted by atomic mass is 10.1. The van der Waals surface area contributed by atoms with Crippen LogP contribution in [0.2, 0.25) is 0 Å². The number of nitro groups is 1. The third-order valence-corrected chi connectivity index (χ3v) is 4.85. The van der Waals surface area contributed by atoms with Gasteiger partial charge >= 0.3 is 5.69 Å². The van der Waals surface area contributed by atoms with E-state index < -0.39 is 10.8 Å². The number of ether oxygens (including phenoxy) is 1. The van der Waals surface area contributed by atoms with Crippen molar-refractivity contribution in [3.05, 3.63) is 76.3 Å². The van der Waals surface area contributed by atoms with Gasteiger partial charge in [-0.2, -0.15) is 0 Å². The van der Waals surface area contributed by atoms with E-state index in [1.54, 1.807) is 24.3 Å². The minimum absolute atomic E-state index is 0.0320. The van der Waals surface area contributed by atoms with Crippen molar-refractivity contribution in [3.8, 4) is 23.0 Å². The molecule has 10 nitrogen and oxygen atoms in total. The molecular weight excluding hydrogens is 448 g/mol. The fourth-order valence-corrected chi connectivity index (χ4v) is 3.29. The number of phenols is 1. The number of aromatic nitrogens is 1. The van der Waals surface area contributed by atoms with Crippen molar-refractivity contribution in [1.82, 2.24) is 10.3 Å². The highest BCUT2D eigenvalue weighted by Gasteiger charge is 2.19. The van der Waals surface area contributed by atoms with E-state index in [1.807, 2.05) is 12.1 Å². The van der Waals surface area contributed by atoms with Crippen molar-refractivity contribution >= 4 is 45.7 Å². The fourth-order valence-electron chi connectivity index (χ4n) is 3.08. The quantitative estimate of drug-likeness (QED) is 0.171. The van der Waals surface area contributed by atoms with Crippen molar-refractivity contribution in [2.24, 2.45) is 0 Å². The third-order valence-electron chi connectivity index (χ3n) is 4.64. The summed E-state index contributed by atoms with van der Waals surface area (Å²) >= 11 is 5.19. The first-order chi connectivity index (χ1) is 15.9. The third kappa shape index (κ3) is 4.57. The summed E-state index contributed by atoms with van der Waals surface area (Å²) in [5.41, 5.74) is 1.69. The van der Waals surface area contributed by atoms with Crippen molar-refractivity contribution < 1.29 is 24.0 Å². The summed E-state index contributed by atoms with van der Waals surface area (Å²) in [6.45, 7) is 0. The van der Waals surface area contributed by atoms with Crippen molar-refractivity contribution in [1.29, 1.82) is 0 Å². The van der Waals surface area contributed by atoms with Gasteiger partial charge in [0.05, 0.1) is 17.6 Å². The molecule has 0 spiro atoms. The average molecular weight is 464 g/mol. The Morgan fingerprint density at radius 1 is 1.18 bits per heavy atom. The molecule has 0 fully saturated rings. The molecule has 0 unspecified atom stereocenters. The first-order valence-electron chi connectivity index (χ1n) is 9.49. The number of amides is 1. The molecule has 1 amide bonds. The number of anilines is 1. The Hall–Kier alpha value is -4.51. The number of methoxy groups -OCH3 is 1. The number of nitro benzene ring substituents is 1. The Morgan fingerprint density at radius 2 is 1.97 bits per heavy atom. The predicted molar refractivity (Wildman–Crippen MR) is 124 cm³/mol. The summed E-state index contributed by atoms with van der Waals surface area (Å²) in [4.78, 5) is 27.4. The highest BCUT2D eigenvalue weighted by Crippen LogP contribution is 2.33. The number of hydrogen-bond donors (Lipinski definition) is 3.